The van der Waals surface area contributed by atoms with Crippen LogP contribution >= 0.6 is 39.1 Å². The molecule has 0 bridgehead atoms. The van der Waals surface area contributed by atoms with Crippen LogP contribution in [0.25, 0.3) is 0 Å². The molecule has 100 valence electrons. The minimum absolute atomic E-state index is 0.00520. The number of amides is 1. The van der Waals surface area contributed by atoms with Crippen molar-refractivity contribution in [2.75, 3.05) is 5.32 Å². The molecule has 20 heavy (non-hydrogen) atoms. The number of hydrogen-bond acceptors (Lipinski definition) is 3. The minimum Gasteiger partial charge on any atom is -0.321 e. The van der Waals surface area contributed by atoms with Gasteiger partial charge in [-0.1, -0.05) is 39.1 Å². The molecule has 1 aromatic heterocycles. The fourth-order valence-electron chi connectivity index (χ4n) is 1.49. The van der Waals surface area contributed by atoms with Gasteiger partial charge in [0, 0.05) is 4.47 Å². The number of aromatic nitrogens is 1. The summed E-state index contributed by atoms with van der Waals surface area (Å²) < 4.78 is 0.748. The molecule has 4 nitrogen and oxygen atoms in total. The van der Waals surface area contributed by atoms with E-state index in [1.807, 2.05) is 6.07 Å². The average molecular weight is 371 g/mol. The third-order valence-corrected chi connectivity index (χ3v) is 3.40. The van der Waals surface area contributed by atoms with Crippen LogP contribution in [0.1, 0.15) is 15.9 Å². The lowest BCUT2D eigenvalue weighted by Crippen LogP contribution is -2.14. The second kappa shape index (κ2) is 6.23. The van der Waals surface area contributed by atoms with Crippen LogP contribution in [0.3, 0.4) is 0 Å². The number of benzene rings is 1. The van der Waals surface area contributed by atoms with Crippen molar-refractivity contribution < 1.29 is 4.79 Å². The minimum atomic E-state index is -0.460. The number of hydrogen-bond donors (Lipinski definition) is 1. The molecular weight excluding hydrogens is 365 g/mol. The van der Waals surface area contributed by atoms with Gasteiger partial charge >= 0.3 is 0 Å². The highest BCUT2D eigenvalue weighted by Gasteiger charge is 2.14. The number of carbonyl (C=O) groups excluding carboxylic acids is 1. The van der Waals surface area contributed by atoms with Crippen molar-refractivity contribution in [3.8, 4) is 6.07 Å². The maximum atomic E-state index is 12.1. The van der Waals surface area contributed by atoms with E-state index in [1.165, 1.54) is 12.1 Å². The molecule has 0 aliphatic heterocycles. The van der Waals surface area contributed by atoms with Crippen LogP contribution in [-0.4, -0.2) is 10.9 Å². The zero-order chi connectivity index (χ0) is 14.7. The quantitative estimate of drug-likeness (QED) is 0.802. The lowest BCUT2D eigenvalue weighted by atomic mass is 10.2. The summed E-state index contributed by atoms with van der Waals surface area (Å²) in [5, 5.41) is 11.9. The maximum Gasteiger partial charge on any atom is 0.258 e. The topological polar surface area (TPSA) is 65.8 Å². The van der Waals surface area contributed by atoms with Gasteiger partial charge in [0.1, 0.15) is 16.4 Å². The fraction of sp³-hybridized carbons (Fsp3) is 0. The third kappa shape index (κ3) is 3.28. The first-order chi connectivity index (χ1) is 9.51. The van der Waals surface area contributed by atoms with E-state index in [-0.39, 0.29) is 15.9 Å². The summed E-state index contributed by atoms with van der Waals surface area (Å²) >= 11 is 14.8. The highest BCUT2D eigenvalue weighted by atomic mass is 79.9. The van der Waals surface area contributed by atoms with Gasteiger partial charge in [0.25, 0.3) is 5.91 Å². The molecule has 1 heterocycles. The Morgan fingerprint density at radius 3 is 2.70 bits per heavy atom. The zero-order valence-corrected chi connectivity index (χ0v) is 12.9. The standard InChI is InChI=1S/C13H6BrCl2N3O/c14-8-1-3-10(7(5-8)6-17)18-13(20)9-2-4-11(15)19-12(9)16/h1-5H,(H,18,20). The molecule has 0 atom stereocenters. The second-order valence-corrected chi connectivity index (χ2v) is 5.39. The number of halogens is 3. The molecule has 0 radical (unpaired) electrons. The Balaban J connectivity index is 2.31. The number of nitriles is 1. The molecule has 0 saturated heterocycles. The normalized spacial score (nSPS) is 9.90. The summed E-state index contributed by atoms with van der Waals surface area (Å²) in [5.41, 5.74) is 0.917. The molecule has 0 unspecified atom stereocenters. The van der Waals surface area contributed by atoms with E-state index in [1.54, 1.807) is 18.2 Å². The summed E-state index contributed by atoms with van der Waals surface area (Å²) in [4.78, 5) is 15.9. The van der Waals surface area contributed by atoms with Crippen LogP contribution < -0.4 is 5.32 Å². The van der Waals surface area contributed by atoms with Crippen LogP contribution in [-0.2, 0) is 0 Å². The predicted octanol–water partition coefficient (Wildman–Crippen LogP) is 4.27. The number of anilines is 1. The lowest BCUT2D eigenvalue weighted by molar-refractivity contribution is 0.102. The van der Waals surface area contributed by atoms with Crippen molar-refractivity contribution in [1.82, 2.24) is 4.98 Å². The monoisotopic (exact) mass is 369 g/mol. The molecule has 7 heteroatoms. The smallest absolute Gasteiger partial charge is 0.258 e. The van der Waals surface area contributed by atoms with Crippen LogP contribution in [0.15, 0.2) is 34.8 Å². The molecule has 1 aromatic carbocycles. The molecule has 0 aliphatic rings. The molecule has 0 fully saturated rings. The molecule has 0 saturated carbocycles. The van der Waals surface area contributed by atoms with E-state index in [2.05, 4.69) is 26.2 Å². The number of nitrogens with one attached hydrogen (secondary N) is 1. The second-order valence-electron chi connectivity index (χ2n) is 3.73. The molecule has 2 rings (SSSR count). The summed E-state index contributed by atoms with van der Waals surface area (Å²) in [7, 11) is 0. The predicted molar refractivity (Wildman–Crippen MR) is 81.1 cm³/mol. The van der Waals surface area contributed by atoms with Gasteiger partial charge in [-0.15, -0.1) is 0 Å². The molecule has 1 N–H and O–H groups in total. The van der Waals surface area contributed by atoms with Crippen LogP contribution in [0.5, 0.6) is 0 Å². The van der Waals surface area contributed by atoms with E-state index in [0.717, 1.165) is 4.47 Å². The van der Waals surface area contributed by atoms with E-state index in [4.69, 9.17) is 28.5 Å². The van der Waals surface area contributed by atoms with Gasteiger partial charge in [-0.3, -0.25) is 4.79 Å². The Bertz CT molecular complexity index is 728. The zero-order valence-electron chi connectivity index (χ0n) is 9.82. The Kier molecular flexibility index (Phi) is 4.61. The maximum absolute atomic E-state index is 12.1. The van der Waals surface area contributed by atoms with Crippen LogP contribution in [0.2, 0.25) is 10.3 Å². The summed E-state index contributed by atoms with van der Waals surface area (Å²) in [6.45, 7) is 0. The van der Waals surface area contributed by atoms with Crippen molar-refractivity contribution in [3.05, 3.63) is 56.2 Å². The summed E-state index contributed by atoms with van der Waals surface area (Å²) in [6.07, 6.45) is 0. The Labute approximate surface area is 133 Å². The first-order valence-corrected chi connectivity index (χ1v) is 6.89. The van der Waals surface area contributed by atoms with Crippen molar-refractivity contribution in [2.45, 2.75) is 0 Å². The molecule has 2 aromatic rings. The molecular formula is C13H6BrCl2N3O. The van der Waals surface area contributed by atoms with Crippen molar-refractivity contribution >= 4 is 50.7 Å². The van der Waals surface area contributed by atoms with Gasteiger partial charge in [-0.2, -0.15) is 5.26 Å². The first kappa shape index (κ1) is 14.8. The van der Waals surface area contributed by atoms with Gasteiger partial charge in [0.15, 0.2) is 0 Å². The van der Waals surface area contributed by atoms with Crippen LogP contribution in [0.4, 0.5) is 5.69 Å². The van der Waals surface area contributed by atoms with Gasteiger partial charge in [-0.25, -0.2) is 4.98 Å². The molecule has 0 spiro atoms. The van der Waals surface area contributed by atoms with E-state index in [0.29, 0.717) is 11.3 Å². The third-order valence-electron chi connectivity index (χ3n) is 2.41. The number of nitrogens with zero attached hydrogens (tertiary/aromatic N) is 2. The summed E-state index contributed by atoms with van der Waals surface area (Å²) in [5.74, 6) is -0.460. The average Bonchev–Trinajstić information content (AvgIpc) is 2.40. The number of carbonyl (C=O) groups is 1. The van der Waals surface area contributed by atoms with Gasteiger partial charge in [0.05, 0.1) is 16.8 Å². The van der Waals surface area contributed by atoms with Crippen molar-refractivity contribution in [3.63, 3.8) is 0 Å². The largest absolute Gasteiger partial charge is 0.321 e. The molecule has 0 aliphatic carbocycles. The Morgan fingerprint density at radius 1 is 1.30 bits per heavy atom. The highest BCUT2D eigenvalue weighted by Crippen LogP contribution is 2.22. The Morgan fingerprint density at radius 2 is 2.05 bits per heavy atom. The first-order valence-electron chi connectivity index (χ1n) is 5.34. The SMILES string of the molecule is N#Cc1cc(Br)ccc1NC(=O)c1ccc(Cl)nc1Cl. The molecule has 1 amide bonds. The number of pyridine rings is 1. The van der Waals surface area contributed by atoms with E-state index < -0.39 is 5.91 Å². The Hall–Kier alpha value is -1.61. The van der Waals surface area contributed by atoms with Crippen LogP contribution in [0, 0.1) is 11.3 Å². The number of rotatable bonds is 2. The lowest BCUT2D eigenvalue weighted by Gasteiger charge is -2.08. The van der Waals surface area contributed by atoms with Gasteiger partial charge in [-0.05, 0) is 30.3 Å². The highest BCUT2D eigenvalue weighted by molar-refractivity contribution is 9.10. The van der Waals surface area contributed by atoms with E-state index in [9.17, 15) is 4.79 Å². The van der Waals surface area contributed by atoms with Crippen molar-refractivity contribution in [1.29, 1.82) is 5.26 Å². The van der Waals surface area contributed by atoms with Gasteiger partial charge < -0.3 is 5.32 Å². The summed E-state index contributed by atoms with van der Waals surface area (Å²) in [6, 6.07) is 9.89. The van der Waals surface area contributed by atoms with E-state index >= 15 is 0 Å². The van der Waals surface area contributed by atoms with Crippen molar-refractivity contribution in [2.24, 2.45) is 0 Å². The fourth-order valence-corrected chi connectivity index (χ4v) is 2.28. The van der Waals surface area contributed by atoms with Gasteiger partial charge in [0.2, 0.25) is 0 Å².